The highest BCUT2D eigenvalue weighted by Crippen LogP contribution is 2.32. The molecule has 0 saturated carbocycles. The van der Waals surface area contributed by atoms with Crippen LogP contribution in [0.3, 0.4) is 0 Å². The molecule has 1 atom stereocenters. The summed E-state index contributed by atoms with van der Waals surface area (Å²) in [7, 11) is 1.97. The van der Waals surface area contributed by atoms with Crippen LogP contribution in [0.2, 0.25) is 0 Å². The van der Waals surface area contributed by atoms with Crippen molar-refractivity contribution in [2.75, 3.05) is 7.05 Å². The summed E-state index contributed by atoms with van der Waals surface area (Å²) < 4.78 is 13.1. The van der Waals surface area contributed by atoms with Crippen LogP contribution in [-0.4, -0.2) is 17.8 Å². The van der Waals surface area contributed by atoms with E-state index >= 15 is 0 Å². The normalized spacial score (nSPS) is 17.6. The van der Waals surface area contributed by atoms with Gasteiger partial charge in [-0.25, -0.2) is 4.39 Å². The largest absolute Gasteiger partial charge is 0.292 e. The highest BCUT2D eigenvalue weighted by atomic mass is 19.1. The van der Waals surface area contributed by atoms with Gasteiger partial charge in [-0.2, -0.15) is 5.10 Å². The summed E-state index contributed by atoms with van der Waals surface area (Å²) in [6.07, 6.45) is 0.834. The first kappa shape index (κ1) is 13.9. The lowest BCUT2D eigenvalue weighted by molar-refractivity contribution is 0.289. The molecule has 1 unspecified atom stereocenters. The molecule has 1 heterocycles. The number of hydrogen-bond acceptors (Lipinski definition) is 2. The lowest BCUT2D eigenvalue weighted by Crippen LogP contribution is -2.13. The molecule has 114 valence electrons. The van der Waals surface area contributed by atoms with Crippen molar-refractivity contribution in [3.8, 4) is 0 Å². The number of hydrogen-bond donors (Lipinski definition) is 0. The number of hydrazone groups is 1. The Labute approximate surface area is 134 Å². The van der Waals surface area contributed by atoms with Gasteiger partial charge in [-0.3, -0.25) is 5.01 Å². The van der Waals surface area contributed by atoms with E-state index in [0.717, 1.165) is 23.3 Å². The monoisotopic (exact) mass is 304 g/mol. The second-order valence-corrected chi connectivity index (χ2v) is 5.95. The van der Waals surface area contributed by atoms with Crippen molar-refractivity contribution in [2.45, 2.75) is 12.5 Å². The van der Waals surface area contributed by atoms with Gasteiger partial charge >= 0.3 is 0 Å². The molecule has 2 nitrogen and oxygen atoms in total. The van der Waals surface area contributed by atoms with Crippen LogP contribution in [0.4, 0.5) is 4.39 Å². The van der Waals surface area contributed by atoms with Gasteiger partial charge in [0, 0.05) is 13.5 Å². The number of rotatable bonds is 2. The van der Waals surface area contributed by atoms with Crippen molar-refractivity contribution < 1.29 is 4.39 Å². The third-order valence-electron chi connectivity index (χ3n) is 4.45. The van der Waals surface area contributed by atoms with Gasteiger partial charge in [0.05, 0.1) is 11.8 Å². The van der Waals surface area contributed by atoms with Crippen LogP contribution in [0.25, 0.3) is 10.8 Å². The molecule has 0 N–H and O–H groups in total. The van der Waals surface area contributed by atoms with Gasteiger partial charge in [0.2, 0.25) is 0 Å². The first-order chi connectivity index (χ1) is 11.2. The molecule has 0 saturated heterocycles. The van der Waals surface area contributed by atoms with E-state index in [1.807, 2.05) is 30.3 Å². The van der Waals surface area contributed by atoms with E-state index in [1.54, 1.807) is 0 Å². The van der Waals surface area contributed by atoms with Crippen molar-refractivity contribution in [1.29, 1.82) is 0 Å². The quantitative estimate of drug-likeness (QED) is 0.666. The first-order valence-electron chi connectivity index (χ1n) is 7.76. The molecule has 1 aliphatic heterocycles. The van der Waals surface area contributed by atoms with Gasteiger partial charge in [0.1, 0.15) is 5.82 Å². The van der Waals surface area contributed by atoms with Crippen LogP contribution in [0.5, 0.6) is 0 Å². The van der Waals surface area contributed by atoms with E-state index in [-0.39, 0.29) is 11.9 Å². The van der Waals surface area contributed by atoms with Crippen LogP contribution >= 0.6 is 0 Å². The first-order valence-corrected chi connectivity index (χ1v) is 7.76. The molecule has 0 spiro atoms. The Kier molecular flexibility index (Phi) is 3.34. The molecule has 0 fully saturated rings. The van der Waals surface area contributed by atoms with Crippen LogP contribution in [0, 0.1) is 5.82 Å². The molecule has 4 rings (SSSR count). The van der Waals surface area contributed by atoms with Crippen molar-refractivity contribution in [3.05, 3.63) is 83.7 Å². The number of nitrogens with zero attached hydrogens (tertiary/aromatic N) is 2. The van der Waals surface area contributed by atoms with Gasteiger partial charge < -0.3 is 0 Å². The molecular formula is C20H17FN2. The average molecular weight is 304 g/mol. The summed E-state index contributed by atoms with van der Waals surface area (Å²) in [6, 6.07) is 21.7. The third kappa shape index (κ3) is 2.59. The second-order valence-electron chi connectivity index (χ2n) is 5.95. The molecule has 3 heteroatoms. The van der Waals surface area contributed by atoms with Gasteiger partial charge in [0.15, 0.2) is 0 Å². The van der Waals surface area contributed by atoms with Gasteiger partial charge in [0.25, 0.3) is 0 Å². The minimum absolute atomic E-state index is 0.164. The summed E-state index contributed by atoms with van der Waals surface area (Å²) >= 11 is 0. The maximum absolute atomic E-state index is 13.1. The van der Waals surface area contributed by atoms with Crippen molar-refractivity contribution in [2.24, 2.45) is 5.10 Å². The van der Waals surface area contributed by atoms with Gasteiger partial charge in [-0.15, -0.1) is 0 Å². The minimum atomic E-state index is -0.204. The van der Waals surface area contributed by atoms with E-state index < -0.39 is 0 Å². The molecule has 0 bridgehead atoms. The van der Waals surface area contributed by atoms with Crippen LogP contribution < -0.4 is 0 Å². The Morgan fingerprint density at radius 1 is 0.957 bits per heavy atom. The van der Waals surface area contributed by atoms with E-state index in [2.05, 4.69) is 36.4 Å². The zero-order chi connectivity index (χ0) is 15.8. The van der Waals surface area contributed by atoms with Crippen LogP contribution in [-0.2, 0) is 0 Å². The van der Waals surface area contributed by atoms with Gasteiger partial charge in [-0.1, -0.05) is 48.5 Å². The SMILES string of the molecule is CN1N=C(c2ccc3ccccc3c2)CC1c1ccc(F)cc1. The van der Waals surface area contributed by atoms with Crippen molar-refractivity contribution in [1.82, 2.24) is 5.01 Å². The smallest absolute Gasteiger partial charge is 0.123 e. The zero-order valence-electron chi connectivity index (χ0n) is 12.9. The summed E-state index contributed by atoms with van der Waals surface area (Å²) in [5, 5.41) is 9.13. The Balaban J connectivity index is 1.64. The predicted octanol–water partition coefficient (Wildman–Crippen LogP) is 4.76. The fraction of sp³-hybridized carbons (Fsp3) is 0.150. The molecule has 0 aliphatic carbocycles. The predicted molar refractivity (Wildman–Crippen MR) is 92.0 cm³/mol. The molecule has 0 amide bonds. The van der Waals surface area contributed by atoms with Crippen LogP contribution in [0.15, 0.2) is 71.8 Å². The summed E-state index contributed by atoms with van der Waals surface area (Å²) in [6.45, 7) is 0. The maximum atomic E-state index is 13.1. The van der Waals surface area contributed by atoms with E-state index in [1.165, 1.54) is 22.9 Å². The standard InChI is InChI=1S/C20H17FN2/c1-23-20(15-8-10-18(21)11-9-15)13-19(22-23)17-7-6-14-4-2-3-5-16(14)12-17/h2-12,20H,13H2,1H3. The lowest BCUT2D eigenvalue weighted by atomic mass is 9.97. The molecular weight excluding hydrogens is 287 g/mol. The second kappa shape index (κ2) is 5.51. The zero-order valence-corrected chi connectivity index (χ0v) is 12.9. The molecule has 1 aliphatic rings. The Hall–Kier alpha value is -2.68. The fourth-order valence-corrected chi connectivity index (χ4v) is 3.18. The number of benzene rings is 3. The van der Waals surface area contributed by atoms with E-state index in [4.69, 9.17) is 5.10 Å². The van der Waals surface area contributed by atoms with Crippen molar-refractivity contribution >= 4 is 16.5 Å². The van der Waals surface area contributed by atoms with Crippen LogP contribution in [0.1, 0.15) is 23.6 Å². The molecule has 23 heavy (non-hydrogen) atoms. The summed E-state index contributed by atoms with van der Waals surface area (Å²) in [5.74, 6) is -0.204. The minimum Gasteiger partial charge on any atom is -0.292 e. The molecule has 0 radical (unpaired) electrons. The maximum Gasteiger partial charge on any atom is 0.123 e. The average Bonchev–Trinajstić information content (AvgIpc) is 2.97. The molecule has 0 aromatic heterocycles. The summed E-state index contributed by atoms with van der Waals surface area (Å²) in [5.41, 5.74) is 3.32. The Morgan fingerprint density at radius 3 is 2.48 bits per heavy atom. The fourth-order valence-electron chi connectivity index (χ4n) is 3.18. The lowest BCUT2D eigenvalue weighted by Gasteiger charge is -2.18. The summed E-state index contributed by atoms with van der Waals surface area (Å²) in [4.78, 5) is 0. The Morgan fingerprint density at radius 2 is 1.70 bits per heavy atom. The topological polar surface area (TPSA) is 15.6 Å². The molecule has 3 aromatic rings. The Bertz CT molecular complexity index is 884. The third-order valence-corrected chi connectivity index (χ3v) is 4.45. The highest BCUT2D eigenvalue weighted by molar-refractivity contribution is 6.04. The number of fused-ring (bicyclic) bond motifs is 1. The molecule has 3 aromatic carbocycles. The van der Waals surface area contributed by atoms with Gasteiger partial charge in [-0.05, 0) is 40.1 Å². The van der Waals surface area contributed by atoms with Crippen molar-refractivity contribution in [3.63, 3.8) is 0 Å². The highest BCUT2D eigenvalue weighted by Gasteiger charge is 2.26. The van der Waals surface area contributed by atoms with E-state index in [9.17, 15) is 4.39 Å². The number of halogens is 1. The van der Waals surface area contributed by atoms with E-state index in [0.29, 0.717) is 0 Å².